The molecular formula is C20H27N5O4S2. The highest BCUT2D eigenvalue weighted by atomic mass is 32.2. The Balaban J connectivity index is 1.71. The number of carboxylic acid groups (broad SMARTS) is 1. The van der Waals surface area contributed by atoms with E-state index in [0.29, 0.717) is 43.4 Å². The van der Waals surface area contributed by atoms with Crippen LogP contribution in [0, 0.1) is 0 Å². The Morgan fingerprint density at radius 1 is 1.06 bits per heavy atom. The normalized spacial score (nSPS) is 14.8. The van der Waals surface area contributed by atoms with Crippen molar-refractivity contribution in [3.63, 3.8) is 0 Å². The van der Waals surface area contributed by atoms with Crippen LogP contribution in [0.4, 0.5) is 10.7 Å². The Bertz CT molecular complexity index is 951. The minimum atomic E-state index is -1.08. The van der Waals surface area contributed by atoms with Gasteiger partial charge in [0.25, 0.3) is 0 Å². The molecule has 0 radical (unpaired) electrons. The molecule has 168 valence electrons. The first-order valence-corrected chi connectivity index (χ1v) is 12.8. The Morgan fingerprint density at radius 2 is 1.74 bits per heavy atom. The first-order valence-electron chi connectivity index (χ1n) is 10.0. The van der Waals surface area contributed by atoms with Gasteiger partial charge in [0.2, 0.25) is 11.9 Å². The number of carboxylic acids is 1. The minimum Gasteiger partial charge on any atom is -0.480 e. The number of carbonyl (C=O) groups is 3. The molecule has 1 aliphatic heterocycles. The zero-order chi connectivity index (χ0) is 22.4. The largest absolute Gasteiger partial charge is 0.480 e. The van der Waals surface area contributed by atoms with Crippen LogP contribution in [-0.4, -0.2) is 75.2 Å². The van der Waals surface area contributed by atoms with Gasteiger partial charge in [0.15, 0.2) is 0 Å². The second-order valence-corrected chi connectivity index (χ2v) is 9.14. The number of nitrogens with zero attached hydrogens (tertiary/aromatic N) is 3. The quantitative estimate of drug-likeness (QED) is 0.491. The van der Waals surface area contributed by atoms with Crippen LogP contribution in [0.25, 0.3) is 11.0 Å². The molecule has 2 atom stereocenters. The van der Waals surface area contributed by atoms with Gasteiger partial charge in [-0.05, 0) is 49.0 Å². The summed E-state index contributed by atoms with van der Waals surface area (Å²) in [5, 5.41) is 14.8. The number of urea groups is 1. The van der Waals surface area contributed by atoms with E-state index in [4.69, 9.17) is 0 Å². The smallest absolute Gasteiger partial charge is 0.326 e. The van der Waals surface area contributed by atoms with Gasteiger partial charge < -0.3 is 20.3 Å². The molecule has 0 aliphatic carbocycles. The summed E-state index contributed by atoms with van der Waals surface area (Å²) in [5.74, 6) is 0.253. The molecule has 0 unspecified atom stereocenters. The maximum absolute atomic E-state index is 13.0. The van der Waals surface area contributed by atoms with E-state index in [2.05, 4.69) is 15.6 Å². The lowest BCUT2D eigenvalue weighted by molar-refractivity contribution is -0.142. The Morgan fingerprint density at radius 3 is 2.42 bits per heavy atom. The summed E-state index contributed by atoms with van der Waals surface area (Å²) in [6.45, 7) is 1.09. The predicted molar refractivity (Wildman–Crippen MR) is 125 cm³/mol. The highest BCUT2D eigenvalue weighted by Gasteiger charge is 2.32. The number of para-hydroxylation sites is 2. The third kappa shape index (κ3) is 5.45. The highest BCUT2D eigenvalue weighted by Crippen LogP contribution is 2.27. The van der Waals surface area contributed by atoms with Gasteiger partial charge in [0.1, 0.15) is 12.1 Å². The number of aliphatic carboxylic acids is 1. The standard InChI is InChI=1S/C20H27N5O4S2/c1-30-11-7-14(17(26)21-15(18(27)28)8-12-31-2)23-20(29)25-10-9-24-16-6-4-3-5-13(16)22-19(24)25/h3-6,14-15H,7-12H2,1-2H3,(H,21,26)(H,23,29)(H,27,28)/t14-,15+/m0/s1. The summed E-state index contributed by atoms with van der Waals surface area (Å²) in [5.41, 5.74) is 1.77. The number of benzene rings is 1. The number of thioether (sulfide) groups is 2. The second kappa shape index (κ2) is 10.8. The molecule has 0 saturated heterocycles. The predicted octanol–water partition coefficient (Wildman–Crippen LogP) is 2.01. The maximum Gasteiger partial charge on any atom is 0.326 e. The summed E-state index contributed by atoms with van der Waals surface area (Å²) in [6, 6.07) is 5.46. The number of carbonyl (C=O) groups excluding carboxylic acids is 2. The summed E-state index contributed by atoms with van der Waals surface area (Å²) in [7, 11) is 0. The van der Waals surface area contributed by atoms with Crippen LogP contribution in [0.2, 0.25) is 0 Å². The van der Waals surface area contributed by atoms with E-state index < -0.39 is 30.0 Å². The average molecular weight is 466 g/mol. The first-order chi connectivity index (χ1) is 15.0. The van der Waals surface area contributed by atoms with Crippen LogP contribution >= 0.6 is 23.5 Å². The van der Waals surface area contributed by atoms with Crippen LogP contribution in [-0.2, 0) is 16.1 Å². The fourth-order valence-electron chi connectivity index (χ4n) is 3.48. The third-order valence-electron chi connectivity index (χ3n) is 5.12. The lowest BCUT2D eigenvalue weighted by Crippen LogP contribution is -2.54. The van der Waals surface area contributed by atoms with Gasteiger partial charge in [-0.1, -0.05) is 12.1 Å². The summed E-state index contributed by atoms with van der Waals surface area (Å²) in [6.07, 6.45) is 4.52. The number of anilines is 1. The van der Waals surface area contributed by atoms with Crippen molar-refractivity contribution in [2.75, 3.05) is 35.5 Å². The molecule has 1 aliphatic rings. The zero-order valence-electron chi connectivity index (χ0n) is 17.5. The Labute approximate surface area is 189 Å². The summed E-state index contributed by atoms with van der Waals surface area (Å²) in [4.78, 5) is 43.4. The van der Waals surface area contributed by atoms with Gasteiger partial charge in [0, 0.05) is 13.1 Å². The average Bonchev–Trinajstić information content (AvgIpc) is 3.32. The van der Waals surface area contributed by atoms with Crippen molar-refractivity contribution in [3.8, 4) is 0 Å². The fraction of sp³-hybridized carbons (Fsp3) is 0.500. The van der Waals surface area contributed by atoms with Crippen LogP contribution < -0.4 is 15.5 Å². The van der Waals surface area contributed by atoms with Gasteiger partial charge in [-0.25, -0.2) is 14.6 Å². The van der Waals surface area contributed by atoms with Crippen molar-refractivity contribution >= 4 is 58.4 Å². The van der Waals surface area contributed by atoms with Crippen molar-refractivity contribution in [2.45, 2.75) is 31.5 Å². The molecule has 0 bridgehead atoms. The fourth-order valence-corrected chi connectivity index (χ4v) is 4.42. The molecule has 2 heterocycles. The molecule has 0 spiro atoms. The van der Waals surface area contributed by atoms with Gasteiger partial charge in [-0.3, -0.25) is 9.69 Å². The van der Waals surface area contributed by atoms with Gasteiger partial charge in [0.05, 0.1) is 11.0 Å². The molecule has 0 saturated carbocycles. The topological polar surface area (TPSA) is 117 Å². The van der Waals surface area contributed by atoms with E-state index in [1.54, 1.807) is 11.8 Å². The Kier molecular flexibility index (Phi) is 8.08. The van der Waals surface area contributed by atoms with Crippen molar-refractivity contribution < 1.29 is 19.5 Å². The zero-order valence-corrected chi connectivity index (χ0v) is 19.2. The molecule has 2 aromatic rings. The lowest BCUT2D eigenvalue weighted by Gasteiger charge is -2.23. The van der Waals surface area contributed by atoms with E-state index >= 15 is 0 Å². The van der Waals surface area contributed by atoms with Crippen LogP contribution in [0.15, 0.2) is 24.3 Å². The number of fused-ring (bicyclic) bond motifs is 3. The number of rotatable bonds is 10. The SMILES string of the molecule is CSCC[C@H](NC(=O)N1CCn2c1nc1ccccc12)C(=O)N[C@H](CCSC)C(=O)O. The van der Waals surface area contributed by atoms with E-state index in [1.165, 1.54) is 16.7 Å². The molecule has 3 N–H and O–H groups in total. The molecule has 3 amide bonds. The molecular weight excluding hydrogens is 438 g/mol. The number of amides is 3. The highest BCUT2D eigenvalue weighted by molar-refractivity contribution is 7.98. The lowest BCUT2D eigenvalue weighted by atomic mass is 10.1. The Hall–Kier alpha value is -2.40. The molecule has 3 rings (SSSR count). The number of hydrogen-bond donors (Lipinski definition) is 3. The molecule has 0 fully saturated rings. The molecule has 9 nitrogen and oxygen atoms in total. The maximum atomic E-state index is 13.0. The van der Waals surface area contributed by atoms with E-state index in [0.717, 1.165) is 11.0 Å². The van der Waals surface area contributed by atoms with Crippen LogP contribution in [0.3, 0.4) is 0 Å². The summed E-state index contributed by atoms with van der Waals surface area (Å²) < 4.78 is 1.98. The number of nitrogens with one attached hydrogen (secondary N) is 2. The second-order valence-electron chi connectivity index (χ2n) is 7.17. The number of imidazole rings is 1. The number of hydrogen-bond acceptors (Lipinski definition) is 6. The molecule has 11 heteroatoms. The van der Waals surface area contributed by atoms with Crippen LogP contribution in [0.5, 0.6) is 0 Å². The van der Waals surface area contributed by atoms with Crippen LogP contribution in [0.1, 0.15) is 12.8 Å². The van der Waals surface area contributed by atoms with E-state index in [-0.39, 0.29) is 0 Å². The van der Waals surface area contributed by atoms with E-state index in [9.17, 15) is 19.5 Å². The van der Waals surface area contributed by atoms with Crippen molar-refractivity contribution in [1.82, 2.24) is 20.2 Å². The first kappa shape index (κ1) is 23.3. The summed E-state index contributed by atoms with van der Waals surface area (Å²) >= 11 is 3.07. The number of aromatic nitrogens is 2. The molecule has 1 aromatic carbocycles. The van der Waals surface area contributed by atoms with Gasteiger partial charge >= 0.3 is 12.0 Å². The third-order valence-corrected chi connectivity index (χ3v) is 6.41. The molecule has 31 heavy (non-hydrogen) atoms. The van der Waals surface area contributed by atoms with Gasteiger partial charge in [-0.2, -0.15) is 23.5 Å². The van der Waals surface area contributed by atoms with Crippen molar-refractivity contribution in [3.05, 3.63) is 24.3 Å². The van der Waals surface area contributed by atoms with E-state index in [1.807, 2.05) is 41.3 Å². The van der Waals surface area contributed by atoms with Gasteiger partial charge in [-0.15, -0.1) is 0 Å². The monoisotopic (exact) mass is 465 g/mol. The van der Waals surface area contributed by atoms with Crippen molar-refractivity contribution in [1.29, 1.82) is 0 Å². The minimum absolute atomic E-state index is 0.321. The van der Waals surface area contributed by atoms with Crippen molar-refractivity contribution in [2.24, 2.45) is 0 Å². The molecule has 1 aromatic heterocycles.